The third kappa shape index (κ3) is 4.13. The van der Waals surface area contributed by atoms with Crippen LogP contribution in [0.15, 0.2) is 59.1 Å². The number of hydrogen-bond acceptors (Lipinski definition) is 3. The Morgan fingerprint density at radius 2 is 1.61 bits per heavy atom. The number of benzene rings is 2. The molecule has 2 fully saturated rings. The summed E-state index contributed by atoms with van der Waals surface area (Å²) in [4.78, 5) is 31.8. The molecule has 0 aliphatic carbocycles. The highest BCUT2D eigenvalue weighted by Crippen LogP contribution is 2.28. The first-order valence-corrected chi connectivity index (χ1v) is 10.5. The van der Waals surface area contributed by atoms with Gasteiger partial charge in [0.2, 0.25) is 11.8 Å². The van der Waals surface area contributed by atoms with Crippen molar-refractivity contribution in [1.82, 2.24) is 9.80 Å². The number of anilines is 1. The smallest absolute Gasteiger partial charge is 0.239 e. The molecule has 6 heteroatoms. The zero-order chi connectivity index (χ0) is 19.5. The Kier molecular flexibility index (Phi) is 5.78. The maximum Gasteiger partial charge on any atom is 0.239 e. The van der Waals surface area contributed by atoms with Crippen molar-refractivity contribution in [1.29, 1.82) is 0 Å². The number of rotatable bonds is 4. The van der Waals surface area contributed by atoms with E-state index in [2.05, 4.69) is 45.1 Å². The Morgan fingerprint density at radius 1 is 0.929 bits per heavy atom. The number of nitrogens with zero attached hydrogens (tertiary/aromatic N) is 3. The fourth-order valence-electron chi connectivity index (χ4n) is 3.97. The van der Waals surface area contributed by atoms with Gasteiger partial charge in [-0.05, 0) is 36.2 Å². The zero-order valence-corrected chi connectivity index (χ0v) is 17.3. The van der Waals surface area contributed by atoms with Crippen LogP contribution >= 0.6 is 15.9 Å². The van der Waals surface area contributed by atoms with Gasteiger partial charge in [-0.15, -0.1) is 0 Å². The first kappa shape index (κ1) is 19.2. The monoisotopic (exact) mass is 441 g/mol. The Labute approximate surface area is 174 Å². The van der Waals surface area contributed by atoms with Crippen LogP contribution in [-0.2, 0) is 16.1 Å². The quantitative estimate of drug-likeness (QED) is 0.684. The van der Waals surface area contributed by atoms with Gasteiger partial charge in [0.15, 0.2) is 0 Å². The maximum atomic E-state index is 13.0. The van der Waals surface area contributed by atoms with E-state index >= 15 is 0 Å². The molecular formula is C22H24BrN3O2. The second-order valence-electron chi connectivity index (χ2n) is 7.39. The molecular weight excluding hydrogens is 418 g/mol. The third-order valence-corrected chi connectivity index (χ3v) is 6.10. The van der Waals surface area contributed by atoms with E-state index in [1.807, 2.05) is 35.2 Å². The summed E-state index contributed by atoms with van der Waals surface area (Å²) >= 11 is 3.41. The summed E-state index contributed by atoms with van der Waals surface area (Å²) in [6.45, 7) is 4.57. The summed E-state index contributed by atoms with van der Waals surface area (Å²) in [6.07, 6.45) is 0.595. The summed E-state index contributed by atoms with van der Waals surface area (Å²) in [5, 5.41) is 0. The van der Waals surface area contributed by atoms with Crippen molar-refractivity contribution in [2.45, 2.75) is 13.0 Å². The van der Waals surface area contributed by atoms with E-state index < -0.39 is 5.92 Å². The van der Waals surface area contributed by atoms with E-state index in [-0.39, 0.29) is 11.8 Å². The van der Waals surface area contributed by atoms with Crippen LogP contribution in [0.1, 0.15) is 12.0 Å². The van der Waals surface area contributed by atoms with Gasteiger partial charge in [-0.25, -0.2) is 0 Å². The van der Waals surface area contributed by atoms with E-state index in [4.69, 9.17) is 0 Å². The number of carbonyl (C=O) groups excluding carboxylic acids is 2. The molecule has 0 aromatic heterocycles. The highest BCUT2D eigenvalue weighted by molar-refractivity contribution is 9.10. The second-order valence-corrected chi connectivity index (χ2v) is 8.31. The molecule has 0 radical (unpaired) electrons. The Morgan fingerprint density at radius 3 is 2.29 bits per heavy atom. The summed E-state index contributed by atoms with van der Waals surface area (Å²) in [5.74, 6) is -0.618. The fourth-order valence-corrected chi connectivity index (χ4v) is 4.24. The average Bonchev–Trinajstić information content (AvgIpc) is 3.11. The van der Waals surface area contributed by atoms with Gasteiger partial charge >= 0.3 is 0 Å². The molecule has 4 rings (SSSR count). The van der Waals surface area contributed by atoms with Crippen molar-refractivity contribution in [3.63, 3.8) is 0 Å². The van der Waals surface area contributed by atoms with Gasteiger partial charge in [-0.2, -0.15) is 0 Å². The van der Waals surface area contributed by atoms with Gasteiger partial charge in [-0.3, -0.25) is 14.5 Å². The van der Waals surface area contributed by atoms with Gasteiger partial charge in [0.05, 0.1) is 0 Å². The van der Waals surface area contributed by atoms with Gasteiger partial charge < -0.3 is 9.80 Å². The molecule has 2 saturated heterocycles. The third-order valence-electron chi connectivity index (χ3n) is 5.57. The number of piperazine rings is 1. The Hall–Kier alpha value is -2.18. The highest BCUT2D eigenvalue weighted by atomic mass is 79.9. The average molecular weight is 442 g/mol. The van der Waals surface area contributed by atoms with Gasteiger partial charge in [0.1, 0.15) is 5.92 Å². The summed E-state index contributed by atoms with van der Waals surface area (Å²) in [5.41, 5.74) is 2.15. The van der Waals surface area contributed by atoms with E-state index in [1.165, 1.54) is 5.56 Å². The van der Waals surface area contributed by atoms with Crippen molar-refractivity contribution in [2.24, 2.45) is 5.92 Å². The first-order chi connectivity index (χ1) is 13.6. The summed E-state index contributed by atoms with van der Waals surface area (Å²) in [7, 11) is 0. The standard InChI is InChI=1S/C22H24BrN3O2/c23-18-6-8-19(9-7-18)26-11-10-20(22(26)28)21(27)25-14-12-24(13-15-25)16-17-4-2-1-3-5-17/h1-9,20H,10-16H2/t20-/m1/s1. The molecule has 5 nitrogen and oxygen atoms in total. The Balaban J connectivity index is 1.33. The molecule has 2 aromatic carbocycles. The molecule has 0 bridgehead atoms. The van der Waals surface area contributed by atoms with Crippen LogP contribution < -0.4 is 4.90 Å². The zero-order valence-electron chi connectivity index (χ0n) is 15.8. The lowest BCUT2D eigenvalue weighted by Crippen LogP contribution is -2.51. The van der Waals surface area contributed by atoms with Crippen LogP contribution in [0.25, 0.3) is 0 Å². The predicted molar refractivity (Wildman–Crippen MR) is 113 cm³/mol. The van der Waals surface area contributed by atoms with Crippen LogP contribution in [0.4, 0.5) is 5.69 Å². The van der Waals surface area contributed by atoms with Crippen LogP contribution in [-0.4, -0.2) is 54.3 Å². The van der Waals surface area contributed by atoms with Crippen LogP contribution in [0.2, 0.25) is 0 Å². The van der Waals surface area contributed by atoms with E-state index in [0.717, 1.165) is 29.8 Å². The van der Waals surface area contributed by atoms with E-state index in [0.29, 0.717) is 26.1 Å². The molecule has 0 unspecified atom stereocenters. The minimum absolute atomic E-state index is 0.0102. The van der Waals surface area contributed by atoms with E-state index in [1.54, 1.807) is 4.90 Å². The molecule has 28 heavy (non-hydrogen) atoms. The Bertz CT molecular complexity index is 833. The topological polar surface area (TPSA) is 43.9 Å². The molecule has 0 saturated carbocycles. The number of hydrogen-bond donors (Lipinski definition) is 0. The lowest BCUT2D eigenvalue weighted by molar-refractivity contribution is -0.141. The maximum absolute atomic E-state index is 13.0. The molecule has 2 aromatic rings. The highest BCUT2D eigenvalue weighted by Gasteiger charge is 2.40. The van der Waals surface area contributed by atoms with Crippen LogP contribution in [0.5, 0.6) is 0 Å². The van der Waals surface area contributed by atoms with Crippen molar-refractivity contribution in [3.8, 4) is 0 Å². The molecule has 2 amide bonds. The van der Waals surface area contributed by atoms with Crippen molar-refractivity contribution in [2.75, 3.05) is 37.6 Å². The van der Waals surface area contributed by atoms with Crippen molar-refractivity contribution < 1.29 is 9.59 Å². The number of amides is 2. The van der Waals surface area contributed by atoms with E-state index in [9.17, 15) is 9.59 Å². The minimum Gasteiger partial charge on any atom is -0.339 e. The largest absolute Gasteiger partial charge is 0.339 e. The molecule has 0 spiro atoms. The lowest BCUT2D eigenvalue weighted by Gasteiger charge is -2.35. The molecule has 2 aliphatic rings. The van der Waals surface area contributed by atoms with Crippen LogP contribution in [0.3, 0.4) is 0 Å². The summed E-state index contributed by atoms with van der Waals surface area (Å²) < 4.78 is 0.976. The number of carbonyl (C=O) groups is 2. The predicted octanol–water partition coefficient (Wildman–Crippen LogP) is 3.15. The van der Waals surface area contributed by atoms with Crippen LogP contribution in [0, 0.1) is 5.92 Å². The van der Waals surface area contributed by atoms with Gasteiger partial charge in [0, 0.05) is 49.4 Å². The molecule has 0 N–H and O–H groups in total. The fraction of sp³-hybridized carbons (Fsp3) is 0.364. The van der Waals surface area contributed by atoms with Gasteiger partial charge in [0.25, 0.3) is 0 Å². The lowest BCUT2D eigenvalue weighted by atomic mass is 10.1. The molecule has 1 atom stereocenters. The summed E-state index contributed by atoms with van der Waals surface area (Å²) in [6, 6.07) is 18.1. The molecule has 2 aliphatic heterocycles. The normalized spacial score (nSPS) is 20.6. The first-order valence-electron chi connectivity index (χ1n) is 9.74. The minimum atomic E-state index is -0.538. The van der Waals surface area contributed by atoms with Crippen molar-refractivity contribution >= 4 is 33.4 Å². The number of halogens is 1. The van der Waals surface area contributed by atoms with Gasteiger partial charge in [-0.1, -0.05) is 46.3 Å². The van der Waals surface area contributed by atoms with Crippen molar-refractivity contribution in [3.05, 3.63) is 64.6 Å². The SMILES string of the molecule is O=C([C@H]1CCN(c2ccc(Br)cc2)C1=O)N1CCN(Cc2ccccc2)CC1. The second kappa shape index (κ2) is 8.45. The molecule has 146 valence electrons. The molecule has 2 heterocycles.